The molecule has 2 N–H and O–H groups in total. The number of amides is 1. The first-order valence-electron chi connectivity index (χ1n) is 5.69. The molecule has 6 nitrogen and oxygen atoms in total. The van der Waals surface area contributed by atoms with Gasteiger partial charge in [0.05, 0.1) is 12.7 Å². The van der Waals surface area contributed by atoms with Crippen LogP contribution < -0.4 is 10.6 Å². The highest BCUT2D eigenvalue weighted by molar-refractivity contribution is 5.76. The van der Waals surface area contributed by atoms with Crippen molar-refractivity contribution in [2.24, 2.45) is 0 Å². The number of nitrogens with zero attached hydrogens (tertiary/aromatic N) is 3. The molecule has 2 heterocycles. The summed E-state index contributed by atoms with van der Waals surface area (Å²) in [6.45, 7) is 2.53. The molecule has 0 bridgehead atoms. The normalized spacial score (nSPS) is 20.6. The molecule has 6 heteroatoms. The molecule has 1 unspecified atom stereocenters. The van der Waals surface area contributed by atoms with Crippen molar-refractivity contribution < 1.29 is 4.79 Å². The first-order valence-corrected chi connectivity index (χ1v) is 5.69. The van der Waals surface area contributed by atoms with Crippen molar-refractivity contribution >= 4 is 5.91 Å². The highest BCUT2D eigenvalue weighted by atomic mass is 16.1. The summed E-state index contributed by atoms with van der Waals surface area (Å²) in [7, 11) is 0. The number of nitrogens with one attached hydrogen (secondary N) is 2. The molecule has 1 saturated heterocycles. The Kier molecular flexibility index (Phi) is 3.87. The zero-order valence-corrected chi connectivity index (χ0v) is 9.22. The summed E-state index contributed by atoms with van der Waals surface area (Å²) in [6, 6.07) is 0.289. The van der Waals surface area contributed by atoms with Gasteiger partial charge in [0.25, 0.3) is 0 Å². The molecule has 1 aromatic heterocycles. The topological polar surface area (TPSA) is 71.8 Å². The zero-order chi connectivity index (χ0) is 11.2. The van der Waals surface area contributed by atoms with Crippen LogP contribution in [-0.4, -0.2) is 40.0 Å². The Morgan fingerprint density at radius 1 is 1.62 bits per heavy atom. The monoisotopic (exact) mass is 223 g/mol. The maximum absolute atomic E-state index is 11.6. The molecule has 0 saturated carbocycles. The number of rotatable bonds is 4. The van der Waals surface area contributed by atoms with E-state index in [-0.39, 0.29) is 11.9 Å². The highest BCUT2D eigenvalue weighted by Gasteiger charge is 2.14. The third-order valence-corrected chi connectivity index (χ3v) is 2.70. The number of aryl methyl sites for hydroxylation is 1. The van der Waals surface area contributed by atoms with Gasteiger partial charge < -0.3 is 10.6 Å². The van der Waals surface area contributed by atoms with Gasteiger partial charge in [0.15, 0.2) is 0 Å². The summed E-state index contributed by atoms with van der Waals surface area (Å²) in [4.78, 5) is 11.6. The minimum absolute atomic E-state index is 0.0872. The second kappa shape index (κ2) is 5.60. The Morgan fingerprint density at radius 3 is 3.25 bits per heavy atom. The van der Waals surface area contributed by atoms with Crippen molar-refractivity contribution in [3.8, 4) is 0 Å². The summed E-state index contributed by atoms with van der Waals surface area (Å²) in [5, 5.41) is 13.8. The van der Waals surface area contributed by atoms with Crippen molar-refractivity contribution in [3.05, 3.63) is 12.4 Å². The number of carbonyl (C=O) groups is 1. The van der Waals surface area contributed by atoms with E-state index in [4.69, 9.17) is 0 Å². The smallest absolute Gasteiger partial charge is 0.222 e. The van der Waals surface area contributed by atoms with Crippen LogP contribution in [0.3, 0.4) is 0 Å². The third kappa shape index (κ3) is 3.30. The number of hydrogen-bond donors (Lipinski definition) is 2. The van der Waals surface area contributed by atoms with E-state index in [1.54, 1.807) is 17.1 Å². The van der Waals surface area contributed by atoms with Crippen LogP contribution in [0.5, 0.6) is 0 Å². The molecule has 0 aromatic carbocycles. The van der Waals surface area contributed by atoms with Crippen LogP contribution >= 0.6 is 0 Å². The molecule has 0 aliphatic carbocycles. The minimum Gasteiger partial charge on any atom is -0.352 e. The number of piperidine rings is 1. The second-order valence-electron chi connectivity index (χ2n) is 4.03. The molecule has 88 valence electrons. The molecule has 1 aliphatic heterocycles. The number of aromatic nitrogens is 3. The van der Waals surface area contributed by atoms with E-state index < -0.39 is 0 Å². The van der Waals surface area contributed by atoms with E-state index in [9.17, 15) is 4.79 Å². The van der Waals surface area contributed by atoms with E-state index in [1.165, 1.54) is 0 Å². The van der Waals surface area contributed by atoms with Crippen molar-refractivity contribution in [1.29, 1.82) is 0 Å². The first kappa shape index (κ1) is 11.1. The van der Waals surface area contributed by atoms with Gasteiger partial charge in [-0.05, 0) is 19.4 Å². The van der Waals surface area contributed by atoms with Crippen molar-refractivity contribution in [3.63, 3.8) is 0 Å². The van der Waals surface area contributed by atoms with Crippen LogP contribution in [0.15, 0.2) is 12.4 Å². The van der Waals surface area contributed by atoms with Gasteiger partial charge in [-0.15, -0.1) is 5.10 Å². The molecule has 1 aliphatic rings. The van der Waals surface area contributed by atoms with Gasteiger partial charge in [-0.2, -0.15) is 0 Å². The standard InChI is InChI=1S/C10H17N5O/c16-10(3-6-15-7-5-12-14-15)13-9-2-1-4-11-8-9/h5,7,9,11H,1-4,6,8H2,(H,13,16). The number of hydrogen-bond acceptors (Lipinski definition) is 4. The van der Waals surface area contributed by atoms with E-state index in [0.29, 0.717) is 13.0 Å². The average molecular weight is 223 g/mol. The van der Waals surface area contributed by atoms with Crippen LogP contribution in [0.4, 0.5) is 0 Å². The Labute approximate surface area is 94.4 Å². The summed E-state index contributed by atoms with van der Waals surface area (Å²) in [5.41, 5.74) is 0. The van der Waals surface area contributed by atoms with Gasteiger partial charge in [0.1, 0.15) is 0 Å². The highest BCUT2D eigenvalue weighted by Crippen LogP contribution is 2.01. The van der Waals surface area contributed by atoms with Gasteiger partial charge >= 0.3 is 0 Å². The molecule has 2 rings (SSSR count). The fourth-order valence-electron chi connectivity index (χ4n) is 1.84. The first-order chi connectivity index (χ1) is 7.84. The second-order valence-corrected chi connectivity index (χ2v) is 4.03. The van der Waals surface area contributed by atoms with Crippen LogP contribution in [0, 0.1) is 0 Å². The molecule has 1 atom stereocenters. The maximum Gasteiger partial charge on any atom is 0.222 e. The van der Waals surface area contributed by atoms with Crippen molar-refractivity contribution in [1.82, 2.24) is 25.6 Å². The lowest BCUT2D eigenvalue weighted by molar-refractivity contribution is -0.122. The predicted octanol–water partition coefficient (Wildman–Crippen LogP) is -0.464. The fourth-order valence-corrected chi connectivity index (χ4v) is 1.84. The van der Waals surface area contributed by atoms with Crippen LogP contribution in [0.1, 0.15) is 19.3 Å². The maximum atomic E-state index is 11.6. The van der Waals surface area contributed by atoms with E-state index >= 15 is 0 Å². The Bertz CT molecular complexity index is 318. The average Bonchev–Trinajstić information content (AvgIpc) is 2.81. The summed E-state index contributed by atoms with van der Waals surface area (Å²) < 4.78 is 1.67. The van der Waals surface area contributed by atoms with Crippen LogP contribution in [-0.2, 0) is 11.3 Å². The van der Waals surface area contributed by atoms with Gasteiger partial charge in [-0.3, -0.25) is 9.48 Å². The van der Waals surface area contributed by atoms with Gasteiger partial charge in [-0.25, -0.2) is 0 Å². The molecule has 0 spiro atoms. The lowest BCUT2D eigenvalue weighted by Gasteiger charge is -2.23. The van der Waals surface area contributed by atoms with E-state index in [1.807, 2.05) is 0 Å². The predicted molar refractivity (Wildman–Crippen MR) is 58.7 cm³/mol. The summed E-state index contributed by atoms with van der Waals surface area (Å²) >= 11 is 0. The molecular weight excluding hydrogens is 206 g/mol. The summed E-state index contributed by atoms with van der Waals surface area (Å²) in [5.74, 6) is 0.0872. The molecule has 1 aromatic rings. The lowest BCUT2D eigenvalue weighted by Crippen LogP contribution is -2.45. The zero-order valence-electron chi connectivity index (χ0n) is 9.22. The molecule has 1 fully saturated rings. The molecule has 16 heavy (non-hydrogen) atoms. The third-order valence-electron chi connectivity index (χ3n) is 2.70. The van der Waals surface area contributed by atoms with Gasteiger partial charge in [0.2, 0.25) is 5.91 Å². The lowest BCUT2D eigenvalue weighted by atomic mass is 10.1. The van der Waals surface area contributed by atoms with E-state index in [0.717, 1.165) is 25.9 Å². The molecule has 0 radical (unpaired) electrons. The fraction of sp³-hybridized carbons (Fsp3) is 0.700. The Morgan fingerprint density at radius 2 is 2.56 bits per heavy atom. The van der Waals surface area contributed by atoms with Gasteiger partial charge in [0, 0.05) is 25.2 Å². The molecule has 1 amide bonds. The van der Waals surface area contributed by atoms with E-state index in [2.05, 4.69) is 20.9 Å². The van der Waals surface area contributed by atoms with Crippen LogP contribution in [0.25, 0.3) is 0 Å². The minimum atomic E-state index is 0.0872. The Balaban J connectivity index is 1.67. The molecular formula is C10H17N5O. The number of carbonyl (C=O) groups excluding carboxylic acids is 1. The Hall–Kier alpha value is -1.43. The largest absolute Gasteiger partial charge is 0.352 e. The van der Waals surface area contributed by atoms with Crippen molar-refractivity contribution in [2.45, 2.75) is 31.8 Å². The van der Waals surface area contributed by atoms with Crippen LogP contribution in [0.2, 0.25) is 0 Å². The summed E-state index contributed by atoms with van der Waals surface area (Å²) in [6.07, 6.45) is 6.04. The SMILES string of the molecule is O=C(CCn1ccnn1)NC1CCCNC1. The van der Waals surface area contributed by atoms with Crippen molar-refractivity contribution in [2.75, 3.05) is 13.1 Å². The van der Waals surface area contributed by atoms with Gasteiger partial charge in [-0.1, -0.05) is 5.21 Å². The quantitative estimate of drug-likeness (QED) is 0.724.